The van der Waals surface area contributed by atoms with Crippen molar-refractivity contribution < 1.29 is 43.4 Å². The first-order chi connectivity index (χ1) is 25.7. The fourth-order valence-electron chi connectivity index (χ4n) is 7.13. The Balaban J connectivity index is 1.50. The number of carboxylic acids is 1. The molecule has 1 aliphatic carbocycles. The summed E-state index contributed by atoms with van der Waals surface area (Å²) in [6.45, 7) is 6.51. The van der Waals surface area contributed by atoms with Crippen LogP contribution in [0.4, 0.5) is 4.79 Å². The van der Waals surface area contributed by atoms with Gasteiger partial charge < -0.3 is 36.0 Å². The quantitative estimate of drug-likeness (QED) is 0.168. The van der Waals surface area contributed by atoms with E-state index in [1.165, 1.54) is 17.0 Å². The van der Waals surface area contributed by atoms with Crippen LogP contribution in [0.2, 0.25) is 0 Å². The number of carbonyl (C=O) groups is 7. The zero-order valence-corrected chi connectivity index (χ0v) is 31.5. The van der Waals surface area contributed by atoms with Crippen molar-refractivity contribution in [1.29, 1.82) is 0 Å². The SMILES string of the molecule is CCCC(NC(=O)[C@@H]1C[C@@H](c2ccccc2)CN1C(=O)[C@@H](NC(=O)OC(C)(C)C)C1CCCCC1)C(=O)C(=O)NCC(=O)N[C@H](C(=O)O)c1ccccc1. The molecule has 5 N–H and O–H groups in total. The average molecular weight is 748 g/mol. The first kappa shape index (κ1) is 41.5. The van der Waals surface area contributed by atoms with Crippen LogP contribution < -0.4 is 21.3 Å². The Kier molecular flexibility index (Phi) is 14.7. The Labute approximate surface area is 316 Å². The fourth-order valence-corrected chi connectivity index (χ4v) is 7.13. The zero-order valence-electron chi connectivity index (χ0n) is 31.5. The second-order valence-corrected chi connectivity index (χ2v) is 15.0. The highest BCUT2D eigenvalue weighted by molar-refractivity contribution is 6.38. The van der Waals surface area contributed by atoms with E-state index in [0.29, 0.717) is 12.0 Å². The third-order valence-corrected chi connectivity index (χ3v) is 9.75. The molecule has 2 fully saturated rings. The van der Waals surface area contributed by atoms with Crippen LogP contribution in [-0.2, 0) is 33.5 Å². The molecule has 5 atom stereocenters. The number of hydrogen-bond donors (Lipinski definition) is 5. The molecule has 0 radical (unpaired) electrons. The number of rotatable bonds is 15. The van der Waals surface area contributed by atoms with E-state index < -0.39 is 77.8 Å². The second-order valence-electron chi connectivity index (χ2n) is 15.0. The molecule has 2 aromatic carbocycles. The third-order valence-electron chi connectivity index (χ3n) is 9.75. The summed E-state index contributed by atoms with van der Waals surface area (Å²) in [5.74, 6) is -5.66. The molecule has 0 aromatic heterocycles. The van der Waals surface area contributed by atoms with Crippen LogP contribution in [0.5, 0.6) is 0 Å². The van der Waals surface area contributed by atoms with Crippen molar-refractivity contribution in [2.24, 2.45) is 5.92 Å². The minimum atomic E-state index is -1.37. The van der Waals surface area contributed by atoms with Gasteiger partial charge in [0.05, 0.1) is 12.6 Å². The molecule has 14 nitrogen and oxygen atoms in total. The molecule has 1 saturated carbocycles. The van der Waals surface area contributed by atoms with Gasteiger partial charge in [-0.1, -0.05) is 93.3 Å². The van der Waals surface area contributed by atoms with Crippen LogP contribution in [0, 0.1) is 5.92 Å². The minimum absolute atomic E-state index is 0.104. The lowest BCUT2D eigenvalue weighted by atomic mass is 9.83. The maximum Gasteiger partial charge on any atom is 0.408 e. The zero-order chi connectivity index (χ0) is 39.4. The summed E-state index contributed by atoms with van der Waals surface area (Å²) in [4.78, 5) is 94.0. The van der Waals surface area contributed by atoms with Crippen molar-refractivity contribution in [1.82, 2.24) is 26.2 Å². The number of likely N-dealkylation sites (tertiary alicyclic amines) is 1. The first-order valence-corrected chi connectivity index (χ1v) is 18.7. The smallest absolute Gasteiger partial charge is 0.408 e. The van der Waals surface area contributed by atoms with Gasteiger partial charge in [-0.05, 0) is 63.5 Å². The molecule has 2 aromatic rings. The molecular formula is C40H53N5O9. The molecule has 292 valence electrons. The number of benzene rings is 2. The Morgan fingerprint density at radius 1 is 0.870 bits per heavy atom. The molecule has 2 aliphatic rings. The van der Waals surface area contributed by atoms with E-state index in [1.807, 2.05) is 30.3 Å². The Morgan fingerprint density at radius 3 is 2.09 bits per heavy atom. The molecule has 5 amide bonds. The number of nitrogens with one attached hydrogen (secondary N) is 4. The summed E-state index contributed by atoms with van der Waals surface area (Å²) in [5.41, 5.74) is 0.459. The predicted molar refractivity (Wildman–Crippen MR) is 199 cm³/mol. The van der Waals surface area contributed by atoms with Crippen LogP contribution >= 0.6 is 0 Å². The lowest BCUT2D eigenvalue weighted by Gasteiger charge is -2.35. The van der Waals surface area contributed by atoms with E-state index in [0.717, 1.165) is 37.7 Å². The number of carboxylic acid groups (broad SMARTS) is 1. The molecule has 0 bridgehead atoms. The number of ketones is 1. The van der Waals surface area contributed by atoms with Gasteiger partial charge in [0, 0.05) is 12.5 Å². The molecule has 0 spiro atoms. The maximum absolute atomic E-state index is 14.5. The molecular weight excluding hydrogens is 694 g/mol. The van der Waals surface area contributed by atoms with Crippen LogP contribution in [0.15, 0.2) is 60.7 Å². The summed E-state index contributed by atoms with van der Waals surface area (Å²) >= 11 is 0. The Morgan fingerprint density at radius 2 is 1.50 bits per heavy atom. The number of ether oxygens (including phenoxy) is 1. The van der Waals surface area contributed by atoms with E-state index in [2.05, 4.69) is 21.3 Å². The number of amides is 5. The van der Waals surface area contributed by atoms with Crippen LogP contribution in [0.25, 0.3) is 0 Å². The van der Waals surface area contributed by atoms with Crippen LogP contribution in [-0.4, -0.2) is 88.3 Å². The van der Waals surface area contributed by atoms with Gasteiger partial charge in [0.25, 0.3) is 5.91 Å². The molecule has 54 heavy (non-hydrogen) atoms. The van der Waals surface area contributed by atoms with E-state index in [4.69, 9.17) is 4.74 Å². The van der Waals surface area contributed by atoms with Crippen LogP contribution in [0.1, 0.15) is 102 Å². The minimum Gasteiger partial charge on any atom is -0.479 e. The predicted octanol–water partition coefficient (Wildman–Crippen LogP) is 3.76. The highest BCUT2D eigenvalue weighted by Crippen LogP contribution is 2.35. The summed E-state index contributed by atoms with van der Waals surface area (Å²) < 4.78 is 5.52. The highest BCUT2D eigenvalue weighted by Gasteiger charge is 2.45. The van der Waals surface area contributed by atoms with Crippen molar-refractivity contribution in [2.45, 2.75) is 115 Å². The number of nitrogens with zero attached hydrogens (tertiary/aromatic N) is 1. The monoisotopic (exact) mass is 747 g/mol. The summed E-state index contributed by atoms with van der Waals surface area (Å²) in [6.07, 6.45) is 4.33. The maximum atomic E-state index is 14.5. The van der Waals surface area contributed by atoms with E-state index in [1.54, 1.807) is 45.9 Å². The fraction of sp³-hybridized carbons (Fsp3) is 0.525. The van der Waals surface area contributed by atoms with Crippen molar-refractivity contribution >= 4 is 41.5 Å². The number of Topliss-reactive ketones (excluding diaryl/α,β-unsaturated/α-hetero) is 1. The van der Waals surface area contributed by atoms with Gasteiger partial charge in [-0.3, -0.25) is 24.0 Å². The third kappa shape index (κ3) is 11.6. The van der Waals surface area contributed by atoms with Gasteiger partial charge in [-0.2, -0.15) is 0 Å². The van der Waals surface area contributed by atoms with E-state index in [9.17, 15) is 38.7 Å². The summed E-state index contributed by atoms with van der Waals surface area (Å²) in [6, 6.07) is 12.9. The van der Waals surface area contributed by atoms with Gasteiger partial charge in [0.15, 0.2) is 6.04 Å². The first-order valence-electron chi connectivity index (χ1n) is 18.7. The van der Waals surface area contributed by atoms with Crippen molar-refractivity contribution in [3.05, 3.63) is 71.8 Å². The molecule has 4 rings (SSSR count). The molecule has 1 aliphatic heterocycles. The standard InChI is InChI=1S/C40H53N5O9/c1-5-15-29(34(47)36(49)41-23-31(46)43-33(38(51)52)27-20-13-8-14-21-27)42-35(48)30-22-28(25-16-9-6-10-17-25)24-45(30)37(50)32(26-18-11-7-12-19-26)44-39(53)54-40(2,3)4/h6,8-10,13-14,16-17,20-21,26,28-30,32-33H,5,7,11-12,15,18-19,22-24H2,1-4H3,(H,41,49)(H,42,48)(H,43,46)(H,44,53)(H,51,52)/t28-,29?,30+,32+,33+/m1/s1. The molecule has 1 unspecified atom stereocenters. The summed E-state index contributed by atoms with van der Waals surface area (Å²) in [7, 11) is 0. The van der Waals surface area contributed by atoms with Gasteiger partial charge in [-0.15, -0.1) is 0 Å². The molecule has 1 saturated heterocycles. The van der Waals surface area contributed by atoms with E-state index >= 15 is 0 Å². The summed E-state index contributed by atoms with van der Waals surface area (Å²) in [5, 5.41) is 19.7. The normalized spacial score (nSPS) is 19.1. The number of alkyl carbamates (subject to hydrolysis) is 1. The van der Waals surface area contributed by atoms with E-state index in [-0.39, 0.29) is 31.2 Å². The number of aliphatic carboxylic acids is 1. The largest absolute Gasteiger partial charge is 0.479 e. The lowest BCUT2D eigenvalue weighted by Crippen LogP contribution is -2.58. The number of carbonyl (C=O) groups excluding carboxylic acids is 6. The average Bonchev–Trinajstić information content (AvgIpc) is 3.60. The Hall–Kier alpha value is -5.27. The van der Waals surface area contributed by atoms with Gasteiger partial charge >= 0.3 is 12.1 Å². The van der Waals surface area contributed by atoms with Crippen molar-refractivity contribution in [3.8, 4) is 0 Å². The number of hydrogen-bond acceptors (Lipinski definition) is 8. The topological polar surface area (TPSA) is 200 Å². The van der Waals surface area contributed by atoms with Crippen molar-refractivity contribution in [2.75, 3.05) is 13.1 Å². The Bertz CT molecular complexity index is 1640. The van der Waals surface area contributed by atoms with Gasteiger partial charge in [0.2, 0.25) is 23.5 Å². The highest BCUT2D eigenvalue weighted by atomic mass is 16.6. The molecule has 1 heterocycles. The van der Waals surface area contributed by atoms with Crippen molar-refractivity contribution in [3.63, 3.8) is 0 Å². The van der Waals surface area contributed by atoms with Gasteiger partial charge in [-0.25, -0.2) is 9.59 Å². The molecule has 14 heteroatoms. The lowest BCUT2D eigenvalue weighted by molar-refractivity contribution is -0.144. The second kappa shape index (κ2) is 19.2. The van der Waals surface area contributed by atoms with Crippen LogP contribution in [0.3, 0.4) is 0 Å². The van der Waals surface area contributed by atoms with Gasteiger partial charge in [0.1, 0.15) is 17.7 Å².